The van der Waals surface area contributed by atoms with Gasteiger partial charge in [-0.1, -0.05) is 270 Å². The molecule has 0 saturated carbocycles. The van der Waals surface area contributed by atoms with Crippen LogP contribution >= 0.6 is 0 Å². The standard InChI is InChI=1S/2C32H52O3S.Ca/c2*1-3-5-7-9-11-13-15-17-19-21-28-23-24-30-25-29(27-32(31(30)26-28)36(33,34)35)22-20-18-16-14-12-10-8-6-4-2;/h2*23-27H,3-22H2,1-2H3,(H,33,34,35);/q;;+2/p-2. The molecule has 4 aromatic carbocycles. The zero-order valence-corrected chi connectivity index (χ0v) is 50.9. The summed E-state index contributed by atoms with van der Waals surface area (Å²) in [6.07, 6.45) is 49.3. The monoisotopic (exact) mass is 1070 g/mol. The van der Waals surface area contributed by atoms with Crippen molar-refractivity contribution >= 4 is 79.5 Å². The minimum atomic E-state index is -4.51. The average molecular weight is 1070 g/mol. The second kappa shape index (κ2) is 41.6. The third-order valence-electron chi connectivity index (χ3n) is 14.9. The molecule has 0 aromatic heterocycles. The number of fused-ring (bicyclic) bond motifs is 2. The number of hydrogen-bond acceptors (Lipinski definition) is 6. The second-order valence-corrected chi connectivity index (χ2v) is 24.2. The maximum Gasteiger partial charge on any atom is 2.00 e. The summed E-state index contributed by atoms with van der Waals surface area (Å²) in [5.74, 6) is 0. The van der Waals surface area contributed by atoms with Crippen molar-refractivity contribution in [2.75, 3.05) is 0 Å². The molecule has 0 bridgehead atoms. The molecular formula is C64H102CaO6S2. The maximum atomic E-state index is 12.1. The predicted octanol–water partition coefficient (Wildman–Crippen LogP) is 19.4. The summed E-state index contributed by atoms with van der Waals surface area (Å²) in [6.45, 7) is 8.99. The van der Waals surface area contributed by atoms with Crippen molar-refractivity contribution in [3.8, 4) is 0 Å². The molecule has 0 aliphatic rings. The Morgan fingerprint density at radius 2 is 0.507 bits per heavy atom. The van der Waals surface area contributed by atoms with E-state index in [9.17, 15) is 25.9 Å². The van der Waals surface area contributed by atoms with Gasteiger partial charge in [0.15, 0.2) is 0 Å². The molecule has 0 spiro atoms. The fraction of sp³-hybridized carbons (Fsp3) is 0.688. The van der Waals surface area contributed by atoms with Gasteiger partial charge in [-0.2, -0.15) is 0 Å². The molecule has 0 atom stereocenters. The summed E-state index contributed by atoms with van der Waals surface area (Å²) in [5, 5.41) is 2.92. The van der Waals surface area contributed by atoms with Crippen LogP contribution < -0.4 is 0 Å². The molecule has 0 aliphatic carbocycles. The molecule has 4 rings (SSSR count). The van der Waals surface area contributed by atoms with Gasteiger partial charge in [-0.05, 0) is 119 Å². The zero-order valence-electron chi connectivity index (χ0n) is 47.0. The summed E-state index contributed by atoms with van der Waals surface area (Å²) in [7, 11) is -9.02. The van der Waals surface area contributed by atoms with Gasteiger partial charge in [0.05, 0.1) is 9.79 Å². The van der Waals surface area contributed by atoms with Crippen molar-refractivity contribution in [1.29, 1.82) is 0 Å². The van der Waals surface area contributed by atoms with Gasteiger partial charge >= 0.3 is 37.7 Å². The molecule has 0 N–H and O–H groups in total. The van der Waals surface area contributed by atoms with Gasteiger partial charge in [-0.25, -0.2) is 16.8 Å². The van der Waals surface area contributed by atoms with E-state index in [-0.39, 0.29) is 47.5 Å². The van der Waals surface area contributed by atoms with Crippen LogP contribution in [0.3, 0.4) is 0 Å². The maximum absolute atomic E-state index is 12.1. The number of aryl methyl sites for hydroxylation is 4. The van der Waals surface area contributed by atoms with Crippen LogP contribution in [0.4, 0.5) is 0 Å². The number of benzene rings is 4. The van der Waals surface area contributed by atoms with E-state index in [1.165, 1.54) is 193 Å². The smallest absolute Gasteiger partial charge is 0.744 e. The molecule has 4 aromatic rings. The molecule has 73 heavy (non-hydrogen) atoms. The number of unbranched alkanes of at least 4 members (excludes halogenated alkanes) is 32. The molecule has 0 radical (unpaired) electrons. The minimum Gasteiger partial charge on any atom is -0.744 e. The molecule has 0 heterocycles. The summed E-state index contributed by atoms with van der Waals surface area (Å²) >= 11 is 0. The van der Waals surface area contributed by atoms with Crippen LogP contribution in [0.5, 0.6) is 0 Å². The van der Waals surface area contributed by atoms with Crippen molar-refractivity contribution in [1.82, 2.24) is 0 Å². The Hall–Kier alpha value is -1.52. The topological polar surface area (TPSA) is 114 Å². The van der Waals surface area contributed by atoms with E-state index < -0.39 is 20.2 Å². The Kier molecular flexibility index (Phi) is 38.5. The molecule has 0 aliphatic heterocycles. The van der Waals surface area contributed by atoms with Crippen LogP contribution in [-0.2, 0) is 45.9 Å². The minimum absolute atomic E-state index is 0. The van der Waals surface area contributed by atoms with Crippen molar-refractivity contribution in [3.63, 3.8) is 0 Å². The fourth-order valence-corrected chi connectivity index (χ4v) is 11.9. The van der Waals surface area contributed by atoms with Gasteiger partial charge < -0.3 is 9.11 Å². The van der Waals surface area contributed by atoms with E-state index in [4.69, 9.17) is 0 Å². The number of hydrogen-bond donors (Lipinski definition) is 0. The second-order valence-electron chi connectivity index (χ2n) is 21.5. The van der Waals surface area contributed by atoms with E-state index >= 15 is 0 Å². The summed E-state index contributed by atoms with van der Waals surface area (Å²) < 4.78 is 72.6. The van der Waals surface area contributed by atoms with Gasteiger partial charge in [0, 0.05) is 0 Å². The van der Waals surface area contributed by atoms with E-state index in [2.05, 4.69) is 52.0 Å². The van der Waals surface area contributed by atoms with Crippen LogP contribution in [0.1, 0.15) is 281 Å². The summed E-state index contributed by atoms with van der Waals surface area (Å²) in [4.78, 5) is -0.0836. The largest absolute Gasteiger partial charge is 2.00 e. The van der Waals surface area contributed by atoms with Crippen LogP contribution in [0.15, 0.2) is 70.5 Å². The normalized spacial score (nSPS) is 11.8. The van der Waals surface area contributed by atoms with Gasteiger partial charge in [0.1, 0.15) is 20.2 Å². The zero-order chi connectivity index (χ0) is 52.1. The Morgan fingerprint density at radius 3 is 0.740 bits per heavy atom. The Morgan fingerprint density at radius 1 is 0.288 bits per heavy atom. The van der Waals surface area contributed by atoms with Crippen molar-refractivity contribution in [2.45, 2.75) is 294 Å². The molecule has 0 saturated heterocycles. The van der Waals surface area contributed by atoms with Crippen LogP contribution in [0, 0.1) is 0 Å². The van der Waals surface area contributed by atoms with Crippen LogP contribution in [-0.4, -0.2) is 63.7 Å². The molecule has 0 amide bonds. The third-order valence-corrected chi connectivity index (χ3v) is 16.6. The summed E-state index contributed by atoms with van der Waals surface area (Å²) in [6, 6.07) is 19.5. The third kappa shape index (κ3) is 30.3. The Bertz CT molecular complexity index is 2100. The molecule has 0 fully saturated rings. The van der Waals surface area contributed by atoms with Crippen LogP contribution in [0.2, 0.25) is 0 Å². The fourth-order valence-electron chi connectivity index (χ4n) is 10.4. The van der Waals surface area contributed by atoms with Gasteiger partial charge in [0.2, 0.25) is 0 Å². The van der Waals surface area contributed by atoms with Gasteiger partial charge in [0.25, 0.3) is 0 Å². The van der Waals surface area contributed by atoms with Gasteiger partial charge in [-0.3, -0.25) is 0 Å². The van der Waals surface area contributed by atoms with Crippen LogP contribution in [0.25, 0.3) is 21.5 Å². The Balaban J connectivity index is 0.000000493. The molecule has 9 heteroatoms. The van der Waals surface area contributed by atoms with E-state index in [1.807, 2.05) is 24.3 Å². The number of rotatable bonds is 42. The first-order valence-electron chi connectivity index (χ1n) is 29.9. The SMILES string of the molecule is CCCCCCCCCCCc1cc(S(=O)(=O)[O-])c2cc(CCCCCCCCCCC)ccc2c1.CCCCCCCCCCCc1cc(S(=O)(=O)[O-])c2cc(CCCCCCCCCCC)ccc2c1.[Ca+2]. The van der Waals surface area contributed by atoms with Crippen molar-refractivity contribution in [2.24, 2.45) is 0 Å². The van der Waals surface area contributed by atoms with E-state index in [0.717, 1.165) is 97.2 Å². The van der Waals surface area contributed by atoms with E-state index in [1.54, 1.807) is 12.1 Å². The van der Waals surface area contributed by atoms with E-state index in [0.29, 0.717) is 10.8 Å². The quantitative estimate of drug-likeness (QED) is 0.0248. The first kappa shape index (κ1) is 67.6. The van der Waals surface area contributed by atoms with Gasteiger partial charge in [-0.15, -0.1) is 0 Å². The van der Waals surface area contributed by atoms with Crippen molar-refractivity contribution < 1.29 is 25.9 Å². The Labute approximate surface area is 478 Å². The molecule has 408 valence electrons. The first-order valence-corrected chi connectivity index (χ1v) is 32.8. The molecule has 0 unspecified atom stereocenters. The summed E-state index contributed by atoms with van der Waals surface area (Å²) in [5.41, 5.74) is 4.18. The predicted molar refractivity (Wildman–Crippen MR) is 313 cm³/mol. The average Bonchev–Trinajstić information content (AvgIpc) is 3.36. The van der Waals surface area contributed by atoms with Crippen molar-refractivity contribution in [3.05, 3.63) is 82.9 Å². The first-order chi connectivity index (χ1) is 34.9. The molecule has 6 nitrogen and oxygen atoms in total. The molecular weight excluding hydrogens is 969 g/mol.